The van der Waals surface area contributed by atoms with E-state index in [4.69, 9.17) is 9.47 Å². The van der Waals surface area contributed by atoms with Gasteiger partial charge in [0.1, 0.15) is 11.6 Å². The molecule has 0 heterocycles. The predicted molar refractivity (Wildman–Crippen MR) is 92.5 cm³/mol. The lowest BCUT2D eigenvalue weighted by molar-refractivity contribution is -0.146. The molecular formula is C19H25NO4. The molecule has 1 atom stereocenters. The first-order valence-electron chi connectivity index (χ1n) is 8.04. The van der Waals surface area contributed by atoms with Crippen LogP contribution in [0.1, 0.15) is 38.3 Å². The molecule has 0 radical (unpaired) electrons. The van der Waals surface area contributed by atoms with E-state index in [1.807, 2.05) is 18.2 Å². The van der Waals surface area contributed by atoms with Crippen LogP contribution < -0.4 is 0 Å². The zero-order valence-electron chi connectivity index (χ0n) is 15.0. The van der Waals surface area contributed by atoms with Gasteiger partial charge in [-0.1, -0.05) is 30.3 Å². The molecule has 0 bridgehead atoms. The van der Waals surface area contributed by atoms with E-state index in [0.717, 1.165) is 17.6 Å². The lowest BCUT2D eigenvalue weighted by Crippen LogP contribution is -2.45. The van der Waals surface area contributed by atoms with E-state index in [1.54, 1.807) is 27.8 Å². The molecule has 0 saturated heterocycles. The number of carbonyl (C=O) groups is 2. The maximum atomic E-state index is 12.3. The minimum absolute atomic E-state index is 0.402. The highest BCUT2D eigenvalue weighted by molar-refractivity contribution is 5.85. The summed E-state index contributed by atoms with van der Waals surface area (Å²) in [6.45, 7) is 5.38. The van der Waals surface area contributed by atoms with Crippen LogP contribution in [0.2, 0.25) is 0 Å². The van der Waals surface area contributed by atoms with Crippen LogP contribution in [-0.2, 0) is 20.7 Å². The van der Waals surface area contributed by atoms with Gasteiger partial charge in [0.15, 0.2) is 0 Å². The van der Waals surface area contributed by atoms with Gasteiger partial charge in [0, 0.05) is 13.5 Å². The quantitative estimate of drug-likeness (QED) is 0.793. The molecule has 0 spiro atoms. The molecule has 24 heavy (non-hydrogen) atoms. The highest BCUT2D eigenvalue weighted by Crippen LogP contribution is 2.31. The molecule has 5 nitrogen and oxygen atoms in total. The Balaban J connectivity index is 2.18. The predicted octanol–water partition coefficient (Wildman–Crippen LogP) is 3.42. The second-order valence-corrected chi connectivity index (χ2v) is 6.92. The van der Waals surface area contributed by atoms with E-state index in [0.29, 0.717) is 6.42 Å². The van der Waals surface area contributed by atoms with Gasteiger partial charge in [-0.05, 0) is 43.9 Å². The molecule has 1 aromatic rings. The molecule has 1 aromatic carbocycles. The summed E-state index contributed by atoms with van der Waals surface area (Å²) in [7, 11) is 2.90. The molecular weight excluding hydrogens is 306 g/mol. The number of carbonyl (C=O) groups excluding carboxylic acids is 2. The van der Waals surface area contributed by atoms with E-state index in [2.05, 4.69) is 12.1 Å². The third-order valence-electron chi connectivity index (χ3n) is 3.97. The molecule has 0 aromatic heterocycles. The van der Waals surface area contributed by atoms with E-state index in [9.17, 15) is 9.59 Å². The van der Waals surface area contributed by atoms with Crippen LogP contribution in [0.15, 0.2) is 30.3 Å². The Labute approximate surface area is 143 Å². The van der Waals surface area contributed by atoms with Crippen LogP contribution in [0, 0.1) is 0 Å². The van der Waals surface area contributed by atoms with Gasteiger partial charge in [-0.2, -0.15) is 0 Å². The molecule has 0 N–H and O–H groups in total. The summed E-state index contributed by atoms with van der Waals surface area (Å²) in [6, 6.07) is 7.37. The number of rotatable bonds is 4. The van der Waals surface area contributed by atoms with Crippen molar-refractivity contribution in [1.29, 1.82) is 0 Å². The SMILES string of the molecule is COC(=O)[C@@H](CC1=CCc2ccccc21)N(C)C(=O)OC(C)(C)C. The van der Waals surface area contributed by atoms with Crippen LogP contribution in [0.5, 0.6) is 0 Å². The van der Waals surface area contributed by atoms with Gasteiger partial charge in [-0.25, -0.2) is 9.59 Å². The first-order chi connectivity index (χ1) is 11.2. The second kappa shape index (κ2) is 7.07. The Morgan fingerprint density at radius 3 is 2.54 bits per heavy atom. The summed E-state index contributed by atoms with van der Waals surface area (Å²) in [5.41, 5.74) is 2.79. The van der Waals surface area contributed by atoms with Gasteiger partial charge in [-0.3, -0.25) is 4.90 Å². The number of amides is 1. The number of methoxy groups -OCH3 is 1. The normalized spacial score (nSPS) is 14.5. The van der Waals surface area contributed by atoms with E-state index in [-0.39, 0.29) is 0 Å². The topological polar surface area (TPSA) is 55.8 Å². The molecule has 1 amide bonds. The fraction of sp³-hybridized carbons (Fsp3) is 0.474. The number of fused-ring (bicyclic) bond motifs is 1. The van der Waals surface area contributed by atoms with Gasteiger partial charge >= 0.3 is 12.1 Å². The summed E-state index contributed by atoms with van der Waals surface area (Å²) >= 11 is 0. The molecule has 0 saturated carbocycles. The van der Waals surface area contributed by atoms with Crippen molar-refractivity contribution in [3.05, 3.63) is 41.5 Å². The number of hydrogen-bond donors (Lipinski definition) is 0. The van der Waals surface area contributed by atoms with Crippen LogP contribution in [0.4, 0.5) is 4.79 Å². The zero-order chi connectivity index (χ0) is 17.9. The van der Waals surface area contributed by atoms with Crippen molar-refractivity contribution in [2.75, 3.05) is 14.2 Å². The third kappa shape index (κ3) is 4.16. The monoisotopic (exact) mass is 331 g/mol. The van der Waals surface area contributed by atoms with E-state index >= 15 is 0 Å². The summed E-state index contributed by atoms with van der Waals surface area (Å²) in [4.78, 5) is 25.9. The molecule has 2 rings (SSSR count). The van der Waals surface area contributed by atoms with Crippen molar-refractivity contribution in [2.24, 2.45) is 0 Å². The van der Waals surface area contributed by atoms with Crippen LogP contribution in [0.3, 0.4) is 0 Å². The number of ether oxygens (including phenoxy) is 2. The van der Waals surface area contributed by atoms with Gasteiger partial charge in [0.25, 0.3) is 0 Å². The molecule has 0 unspecified atom stereocenters. The summed E-state index contributed by atoms with van der Waals surface area (Å²) in [5, 5.41) is 0. The fourth-order valence-corrected chi connectivity index (χ4v) is 2.73. The third-order valence-corrected chi connectivity index (χ3v) is 3.97. The maximum absolute atomic E-state index is 12.3. The number of hydrogen-bond acceptors (Lipinski definition) is 4. The lowest BCUT2D eigenvalue weighted by Gasteiger charge is -2.29. The van der Waals surface area contributed by atoms with Crippen molar-refractivity contribution < 1.29 is 19.1 Å². The molecule has 5 heteroatoms. The average molecular weight is 331 g/mol. The number of esters is 1. The zero-order valence-corrected chi connectivity index (χ0v) is 15.0. The summed E-state index contributed by atoms with van der Waals surface area (Å²) in [5.74, 6) is -0.450. The number of allylic oxidation sites excluding steroid dienone is 1. The minimum atomic E-state index is -0.720. The summed E-state index contributed by atoms with van der Waals surface area (Å²) < 4.78 is 10.3. The highest BCUT2D eigenvalue weighted by atomic mass is 16.6. The van der Waals surface area contributed by atoms with Gasteiger partial charge in [0.2, 0.25) is 0 Å². The number of nitrogens with zero attached hydrogens (tertiary/aromatic N) is 1. The van der Waals surface area contributed by atoms with Crippen molar-refractivity contribution in [2.45, 2.75) is 45.3 Å². The number of benzene rings is 1. The van der Waals surface area contributed by atoms with Gasteiger partial charge in [0.05, 0.1) is 7.11 Å². The Morgan fingerprint density at radius 1 is 1.25 bits per heavy atom. The standard InChI is InChI=1S/C19H25NO4/c1-19(2,3)24-18(22)20(4)16(17(21)23-5)12-14-11-10-13-8-6-7-9-15(13)14/h6-9,11,16H,10,12H2,1-5H3/t16-/m1/s1. The highest BCUT2D eigenvalue weighted by Gasteiger charge is 2.32. The average Bonchev–Trinajstić information content (AvgIpc) is 2.92. The van der Waals surface area contributed by atoms with E-state index < -0.39 is 23.7 Å². The smallest absolute Gasteiger partial charge is 0.410 e. The molecule has 1 aliphatic carbocycles. The van der Waals surface area contributed by atoms with Crippen LogP contribution in [0.25, 0.3) is 5.57 Å². The largest absolute Gasteiger partial charge is 0.467 e. The minimum Gasteiger partial charge on any atom is -0.467 e. The molecule has 0 aliphatic heterocycles. The van der Waals surface area contributed by atoms with Gasteiger partial charge < -0.3 is 9.47 Å². The molecule has 130 valence electrons. The van der Waals surface area contributed by atoms with Crippen LogP contribution >= 0.6 is 0 Å². The molecule has 1 aliphatic rings. The first-order valence-corrected chi connectivity index (χ1v) is 8.04. The van der Waals surface area contributed by atoms with Crippen molar-refractivity contribution in [3.63, 3.8) is 0 Å². The lowest BCUT2D eigenvalue weighted by atomic mass is 9.99. The van der Waals surface area contributed by atoms with Crippen molar-refractivity contribution in [1.82, 2.24) is 4.90 Å². The number of likely N-dealkylation sites (N-methyl/N-ethyl adjacent to an activating group) is 1. The Morgan fingerprint density at radius 2 is 1.92 bits per heavy atom. The Hall–Kier alpha value is -2.30. The second-order valence-electron chi connectivity index (χ2n) is 6.92. The fourth-order valence-electron chi connectivity index (χ4n) is 2.73. The van der Waals surface area contributed by atoms with Crippen LogP contribution in [-0.4, -0.2) is 42.8 Å². The Kier molecular flexibility index (Phi) is 5.32. The summed E-state index contributed by atoms with van der Waals surface area (Å²) in [6.07, 6.45) is 2.81. The van der Waals surface area contributed by atoms with Crippen molar-refractivity contribution >= 4 is 17.6 Å². The van der Waals surface area contributed by atoms with E-state index in [1.165, 1.54) is 17.6 Å². The van der Waals surface area contributed by atoms with Crippen molar-refractivity contribution in [3.8, 4) is 0 Å². The maximum Gasteiger partial charge on any atom is 0.410 e. The first kappa shape index (κ1) is 18.0. The molecule has 0 fully saturated rings. The Bertz CT molecular complexity index is 658. The van der Waals surface area contributed by atoms with Gasteiger partial charge in [-0.15, -0.1) is 0 Å².